The first-order valence-electron chi connectivity index (χ1n) is 22.0. The Labute approximate surface area is 357 Å². The number of H-pyrrole nitrogens is 2. The Balaban J connectivity index is 0.969. The van der Waals surface area contributed by atoms with E-state index in [-0.39, 0.29) is 41.7 Å². The second-order valence-corrected chi connectivity index (χ2v) is 17.2. The van der Waals surface area contributed by atoms with Gasteiger partial charge in [0.1, 0.15) is 11.9 Å². The van der Waals surface area contributed by atoms with Gasteiger partial charge in [-0.2, -0.15) is 0 Å². The van der Waals surface area contributed by atoms with Crippen LogP contribution in [0.4, 0.5) is 9.59 Å². The zero-order valence-electron chi connectivity index (χ0n) is 35.8. The Morgan fingerprint density at radius 2 is 1.44 bits per heavy atom. The molecule has 2 aliphatic carbocycles. The van der Waals surface area contributed by atoms with Crippen LogP contribution in [0.25, 0.3) is 33.6 Å². The van der Waals surface area contributed by atoms with Gasteiger partial charge in [0.2, 0.25) is 11.8 Å². The number of likely N-dealkylation sites (tertiary alicyclic amines) is 1. The smallest absolute Gasteiger partial charge is 0.425 e. The van der Waals surface area contributed by atoms with Crippen LogP contribution in [0.15, 0.2) is 54.7 Å². The summed E-state index contributed by atoms with van der Waals surface area (Å²) < 4.78 is 15.3. The number of alkyl carbamates (subject to hydrolysis) is 1. The van der Waals surface area contributed by atoms with E-state index in [0.29, 0.717) is 19.8 Å². The minimum atomic E-state index is -0.665. The fourth-order valence-electron chi connectivity index (χ4n) is 10.1. The van der Waals surface area contributed by atoms with Crippen molar-refractivity contribution in [2.75, 3.05) is 34.0 Å². The number of ether oxygens (including phenoxy) is 3. The molecule has 4 amide bonds. The van der Waals surface area contributed by atoms with Gasteiger partial charge in [0.15, 0.2) is 0 Å². The number of carbonyl (C=O) groups is 4. The number of nitrogens with one attached hydrogen (secondary N) is 4. The fraction of sp³-hybridized carbons (Fsp3) is 0.511. The maximum atomic E-state index is 14.3. The zero-order valence-corrected chi connectivity index (χ0v) is 35.8. The summed E-state index contributed by atoms with van der Waals surface area (Å²) in [5.41, 5.74) is 12.8. The lowest BCUT2D eigenvalue weighted by molar-refractivity contribution is -0.142. The second kappa shape index (κ2) is 18.6. The van der Waals surface area contributed by atoms with Crippen LogP contribution in [0.3, 0.4) is 0 Å². The molecular weight excluding hydrogens is 775 g/mol. The molecule has 14 heteroatoms. The number of methoxy groups -OCH3 is 2. The minimum absolute atomic E-state index is 0.000947. The molecule has 0 radical (unpaired) electrons. The number of hydrogen-bond acceptors (Lipinski definition) is 8. The molecule has 4 aromatic rings. The first kappa shape index (κ1) is 42.1. The number of carbonyl (C=O) groups excluding carboxylic acids is 4. The molecule has 61 heavy (non-hydrogen) atoms. The summed E-state index contributed by atoms with van der Waals surface area (Å²) in [5.74, 6) is 0.219. The molecule has 4 aliphatic rings. The van der Waals surface area contributed by atoms with E-state index in [1.807, 2.05) is 24.9 Å². The highest BCUT2D eigenvalue weighted by atomic mass is 16.5. The van der Waals surface area contributed by atoms with E-state index in [4.69, 9.17) is 19.2 Å². The maximum Gasteiger partial charge on any atom is 0.425 e. The number of hydrogen-bond donors (Lipinski definition) is 4. The van der Waals surface area contributed by atoms with Crippen molar-refractivity contribution < 1.29 is 33.4 Å². The van der Waals surface area contributed by atoms with Crippen LogP contribution in [0, 0.1) is 11.8 Å². The van der Waals surface area contributed by atoms with Crippen molar-refractivity contribution in [2.24, 2.45) is 11.8 Å². The summed E-state index contributed by atoms with van der Waals surface area (Å²) in [4.78, 5) is 66.6. The number of rotatable bonds is 10. The standard InChI is InChI=1S/C47H59N7O7/c1-28(2)54(52-47(58)60-4)44(55)37-10-6-5-9-36(37)43-48-27-38(49-43)31-18-14-29(15-19-31)30-16-20-32(21-17-30)40-34-11-7-12-35(34)42(50-40)39-13-8-24-53(39)45(56)41(51-46(57)59-3)33-22-25-61-26-23-33/h14-21,27-28,33,36-37,39,41,50H,5-13,22-26H2,1-4H3,(H,48,49)(H,51,57)(H,52,58). The predicted octanol–water partition coefficient (Wildman–Crippen LogP) is 7.82. The molecule has 4 atom stereocenters. The quantitative estimate of drug-likeness (QED) is 0.117. The molecule has 1 saturated carbocycles. The predicted molar refractivity (Wildman–Crippen MR) is 230 cm³/mol. The Morgan fingerprint density at radius 1 is 0.787 bits per heavy atom. The van der Waals surface area contributed by atoms with Gasteiger partial charge in [0, 0.05) is 49.0 Å². The molecule has 4 heterocycles. The fourth-order valence-corrected chi connectivity index (χ4v) is 10.1. The number of aromatic nitrogens is 3. The van der Waals surface area contributed by atoms with Gasteiger partial charge >= 0.3 is 12.2 Å². The molecule has 14 nitrogen and oxygen atoms in total. The SMILES string of the molecule is COC(=O)NC(C(=O)N1CCCC1c1[nH]c(-c2ccc(-c3ccc(-c4cnc(C5CCCCC5C(=O)N(NC(=O)OC)C(C)C)[nH]4)cc3)cc2)c2c1CCC2)C1CCOCC1. The van der Waals surface area contributed by atoms with E-state index in [1.165, 1.54) is 30.4 Å². The van der Waals surface area contributed by atoms with Crippen LogP contribution in [0.1, 0.15) is 106 Å². The first-order chi connectivity index (χ1) is 29.6. The van der Waals surface area contributed by atoms with Crippen LogP contribution in [-0.2, 0) is 36.6 Å². The monoisotopic (exact) mass is 833 g/mol. The van der Waals surface area contributed by atoms with Crippen molar-refractivity contribution >= 4 is 24.0 Å². The molecule has 3 fully saturated rings. The molecule has 2 aliphatic heterocycles. The van der Waals surface area contributed by atoms with Gasteiger partial charge in [-0.05, 0) is 111 Å². The van der Waals surface area contributed by atoms with Crippen molar-refractivity contribution in [2.45, 2.75) is 109 Å². The molecule has 2 saturated heterocycles. The molecule has 0 spiro atoms. The lowest BCUT2D eigenvalue weighted by Crippen LogP contribution is -2.53. The number of benzene rings is 2. The summed E-state index contributed by atoms with van der Waals surface area (Å²) in [5, 5.41) is 4.27. The minimum Gasteiger partial charge on any atom is -0.453 e. The largest absolute Gasteiger partial charge is 0.453 e. The van der Waals surface area contributed by atoms with Gasteiger partial charge in [0.05, 0.1) is 32.2 Å². The number of imidazole rings is 1. The summed E-state index contributed by atoms with van der Waals surface area (Å²) in [6, 6.07) is 16.2. The molecule has 4 unspecified atom stereocenters. The van der Waals surface area contributed by atoms with Crippen molar-refractivity contribution in [3.05, 3.63) is 77.4 Å². The van der Waals surface area contributed by atoms with Gasteiger partial charge in [-0.15, -0.1) is 0 Å². The maximum absolute atomic E-state index is 14.3. The van der Waals surface area contributed by atoms with Gasteiger partial charge in [-0.3, -0.25) is 9.59 Å². The summed E-state index contributed by atoms with van der Waals surface area (Å²) in [7, 11) is 2.62. The summed E-state index contributed by atoms with van der Waals surface area (Å²) >= 11 is 0. The van der Waals surface area contributed by atoms with Gasteiger partial charge < -0.3 is 34.4 Å². The third-order valence-electron chi connectivity index (χ3n) is 13.3. The zero-order chi connectivity index (χ0) is 42.6. The summed E-state index contributed by atoms with van der Waals surface area (Å²) in [6.45, 7) is 5.55. The lowest BCUT2D eigenvalue weighted by Gasteiger charge is -2.35. The summed E-state index contributed by atoms with van der Waals surface area (Å²) in [6.07, 6.45) is 10.4. The number of nitrogens with zero attached hydrogens (tertiary/aromatic N) is 3. The Hall–Kier alpha value is -5.63. The molecule has 8 rings (SSSR count). The van der Waals surface area contributed by atoms with Crippen LogP contribution in [0.2, 0.25) is 0 Å². The van der Waals surface area contributed by atoms with E-state index >= 15 is 0 Å². The van der Waals surface area contributed by atoms with Crippen LogP contribution in [-0.4, -0.2) is 94.9 Å². The van der Waals surface area contributed by atoms with Crippen molar-refractivity contribution in [3.63, 3.8) is 0 Å². The van der Waals surface area contributed by atoms with E-state index < -0.39 is 18.2 Å². The Kier molecular flexibility index (Phi) is 12.8. The highest BCUT2D eigenvalue weighted by Gasteiger charge is 2.42. The van der Waals surface area contributed by atoms with E-state index in [0.717, 1.165) is 116 Å². The van der Waals surface area contributed by atoms with Gasteiger partial charge in [-0.1, -0.05) is 61.4 Å². The second-order valence-electron chi connectivity index (χ2n) is 17.2. The molecule has 0 bridgehead atoms. The average Bonchev–Trinajstić information content (AvgIpc) is 4.13. The van der Waals surface area contributed by atoms with Crippen molar-refractivity contribution in [1.82, 2.24) is 35.6 Å². The van der Waals surface area contributed by atoms with Gasteiger partial charge in [0.25, 0.3) is 0 Å². The Morgan fingerprint density at radius 3 is 2.13 bits per heavy atom. The lowest BCUT2D eigenvalue weighted by atomic mass is 9.78. The topological polar surface area (TPSA) is 171 Å². The van der Waals surface area contributed by atoms with Crippen molar-refractivity contribution in [1.29, 1.82) is 0 Å². The van der Waals surface area contributed by atoms with E-state index in [1.54, 1.807) is 0 Å². The van der Waals surface area contributed by atoms with Crippen molar-refractivity contribution in [3.8, 4) is 33.6 Å². The first-order valence-corrected chi connectivity index (χ1v) is 22.0. The third kappa shape index (κ3) is 8.77. The van der Waals surface area contributed by atoms with Gasteiger partial charge in [-0.25, -0.2) is 25.0 Å². The number of aromatic amines is 2. The number of amides is 4. The molecule has 324 valence electrons. The molecule has 4 N–H and O–H groups in total. The third-order valence-corrected chi connectivity index (χ3v) is 13.3. The Bertz CT molecular complexity index is 2190. The molecule has 2 aromatic heterocycles. The van der Waals surface area contributed by atoms with Crippen LogP contribution >= 0.6 is 0 Å². The molecular formula is C47H59N7O7. The van der Waals surface area contributed by atoms with E-state index in [9.17, 15) is 19.2 Å². The van der Waals surface area contributed by atoms with Crippen LogP contribution in [0.5, 0.6) is 0 Å². The average molecular weight is 834 g/mol. The van der Waals surface area contributed by atoms with E-state index in [2.05, 4.69) is 69.2 Å². The number of hydrazine groups is 1. The highest BCUT2D eigenvalue weighted by Crippen LogP contribution is 2.43. The highest BCUT2D eigenvalue weighted by molar-refractivity contribution is 5.87. The normalized spacial score (nSPS) is 20.9. The molecule has 2 aromatic carbocycles. The van der Waals surface area contributed by atoms with Crippen LogP contribution < -0.4 is 10.7 Å². The number of fused-ring (bicyclic) bond motifs is 1.